The summed E-state index contributed by atoms with van der Waals surface area (Å²) in [5, 5.41) is 0. The van der Waals surface area contributed by atoms with Gasteiger partial charge in [-0.2, -0.15) is 11.8 Å². The van der Waals surface area contributed by atoms with Crippen molar-refractivity contribution in [3.05, 3.63) is 48.3 Å². The molecule has 1 unspecified atom stereocenters. The molecule has 1 aromatic heterocycles. The Morgan fingerprint density at radius 1 is 1.00 bits per heavy atom. The van der Waals surface area contributed by atoms with Gasteiger partial charge in [-0.15, -0.1) is 0 Å². The first-order chi connectivity index (χ1) is 12.4. The molecule has 2 saturated heterocycles. The quantitative estimate of drug-likeness (QED) is 0.819. The number of anilines is 2. The summed E-state index contributed by atoms with van der Waals surface area (Å²) < 4.78 is 0. The van der Waals surface area contributed by atoms with Gasteiger partial charge < -0.3 is 9.80 Å². The summed E-state index contributed by atoms with van der Waals surface area (Å²) in [7, 11) is 0. The van der Waals surface area contributed by atoms with Gasteiger partial charge in [-0.1, -0.05) is 30.3 Å². The number of aryl methyl sites for hydroxylation is 1. The molecule has 0 saturated carbocycles. The molecule has 2 aliphatic rings. The van der Waals surface area contributed by atoms with Crippen LogP contribution in [0.3, 0.4) is 0 Å². The van der Waals surface area contributed by atoms with Crippen molar-refractivity contribution in [3.63, 3.8) is 0 Å². The van der Waals surface area contributed by atoms with E-state index >= 15 is 0 Å². The minimum atomic E-state index is 0.597. The molecule has 2 fully saturated rings. The Hall–Kier alpha value is -1.75. The summed E-state index contributed by atoms with van der Waals surface area (Å²) in [4.78, 5) is 14.0. The lowest BCUT2D eigenvalue weighted by atomic mass is 10.0. The topological polar surface area (TPSA) is 32.3 Å². The minimum Gasteiger partial charge on any atom is -0.355 e. The third-order valence-corrected chi connectivity index (χ3v) is 6.20. The van der Waals surface area contributed by atoms with Crippen LogP contribution in [0.25, 0.3) is 0 Å². The summed E-state index contributed by atoms with van der Waals surface area (Å²) in [6.45, 7) is 3.31. The Labute approximate surface area is 154 Å². The van der Waals surface area contributed by atoms with Gasteiger partial charge in [-0.05, 0) is 31.2 Å². The van der Waals surface area contributed by atoms with Gasteiger partial charge in [0.05, 0.1) is 0 Å². The smallest absolute Gasteiger partial charge is 0.134 e. The molecule has 3 heterocycles. The van der Waals surface area contributed by atoms with Crippen LogP contribution in [0.4, 0.5) is 11.6 Å². The number of rotatable bonds is 5. The highest BCUT2D eigenvalue weighted by molar-refractivity contribution is 7.99. The summed E-state index contributed by atoms with van der Waals surface area (Å²) in [6, 6.07) is 13.6. The largest absolute Gasteiger partial charge is 0.355 e. The summed E-state index contributed by atoms with van der Waals surface area (Å²) in [5.41, 5.74) is 1.43. The minimum absolute atomic E-state index is 0.597. The van der Waals surface area contributed by atoms with Crippen LogP contribution in [-0.2, 0) is 6.42 Å². The highest BCUT2D eigenvalue weighted by Gasteiger charge is 2.26. The van der Waals surface area contributed by atoms with Gasteiger partial charge >= 0.3 is 0 Å². The zero-order valence-corrected chi connectivity index (χ0v) is 15.5. The molecule has 0 spiro atoms. The maximum Gasteiger partial charge on any atom is 0.134 e. The number of nitrogens with zero attached hydrogens (tertiary/aromatic N) is 4. The molecule has 0 aliphatic carbocycles. The maximum atomic E-state index is 4.60. The fourth-order valence-corrected chi connectivity index (χ4v) is 4.78. The molecule has 4 rings (SSSR count). The summed E-state index contributed by atoms with van der Waals surface area (Å²) >= 11 is 2.03. The monoisotopic (exact) mass is 354 g/mol. The molecule has 1 atom stereocenters. The van der Waals surface area contributed by atoms with E-state index in [1.54, 1.807) is 6.33 Å². The van der Waals surface area contributed by atoms with E-state index in [1.807, 2.05) is 11.8 Å². The van der Waals surface area contributed by atoms with Gasteiger partial charge in [0, 0.05) is 43.2 Å². The van der Waals surface area contributed by atoms with E-state index in [2.05, 4.69) is 56.2 Å². The van der Waals surface area contributed by atoms with Gasteiger partial charge in [0.1, 0.15) is 18.0 Å². The molecule has 2 aliphatic heterocycles. The van der Waals surface area contributed by atoms with Gasteiger partial charge in [-0.3, -0.25) is 0 Å². The Morgan fingerprint density at radius 3 is 2.64 bits per heavy atom. The van der Waals surface area contributed by atoms with Crippen LogP contribution in [0, 0.1) is 0 Å². The fourth-order valence-electron chi connectivity index (χ4n) is 3.88. The van der Waals surface area contributed by atoms with Crippen molar-refractivity contribution in [1.82, 2.24) is 9.97 Å². The fraction of sp³-hybridized carbons (Fsp3) is 0.500. The molecule has 25 heavy (non-hydrogen) atoms. The molecule has 0 amide bonds. The second-order valence-corrected chi connectivity index (χ2v) is 8.07. The van der Waals surface area contributed by atoms with E-state index < -0.39 is 0 Å². The molecular formula is C20H26N4S. The Balaban J connectivity index is 1.44. The number of thioether (sulfide) groups is 1. The third-order valence-electron chi connectivity index (χ3n) is 5.25. The standard InChI is InChI=1S/C20H26N4S/c1-2-5-17(6-3-1)8-9-18-7-4-10-24(18)20-15-19(21-16-22-20)23-11-13-25-14-12-23/h1-3,5-6,15-16,18H,4,7-14H2. The Bertz CT molecular complexity index is 672. The van der Waals surface area contributed by atoms with Gasteiger partial charge in [0.25, 0.3) is 0 Å². The lowest BCUT2D eigenvalue weighted by Crippen LogP contribution is -2.34. The van der Waals surface area contributed by atoms with Crippen molar-refractivity contribution in [3.8, 4) is 0 Å². The molecule has 2 aromatic rings. The molecular weight excluding hydrogens is 328 g/mol. The first-order valence-electron chi connectivity index (χ1n) is 9.35. The number of benzene rings is 1. The van der Waals surface area contributed by atoms with Crippen molar-refractivity contribution in [2.45, 2.75) is 31.7 Å². The van der Waals surface area contributed by atoms with Gasteiger partial charge in [0.15, 0.2) is 0 Å². The summed E-state index contributed by atoms with van der Waals surface area (Å²) in [6.07, 6.45) is 6.62. The van der Waals surface area contributed by atoms with Crippen LogP contribution in [-0.4, -0.2) is 47.1 Å². The number of hydrogen-bond acceptors (Lipinski definition) is 5. The van der Waals surface area contributed by atoms with Crippen molar-refractivity contribution in [1.29, 1.82) is 0 Å². The second kappa shape index (κ2) is 8.09. The average molecular weight is 355 g/mol. The van der Waals surface area contributed by atoms with E-state index in [-0.39, 0.29) is 0 Å². The molecule has 132 valence electrons. The molecule has 0 bridgehead atoms. The third kappa shape index (κ3) is 4.09. The normalized spacial score (nSPS) is 20.9. The van der Waals surface area contributed by atoms with Crippen LogP contribution in [0.2, 0.25) is 0 Å². The predicted molar refractivity (Wildman–Crippen MR) is 107 cm³/mol. The van der Waals surface area contributed by atoms with Crippen molar-refractivity contribution in [2.24, 2.45) is 0 Å². The Morgan fingerprint density at radius 2 is 1.80 bits per heavy atom. The molecule has 0 N–H and O–H groups in total. The molecule has 4 nitrogen and oxygen atoms in total. The van der Waals surface area contributed by atoms with Gasteiger partial charge in [-0.25, -0.2) is 9.97 Å². The van der Waals surface area contributed by atoms with Crippen molar-refractivity contribution < 1.29 is 0 Å². The van der Waals surface area contributed by atoms with Crippen LogP contribution < -0.4 is 9.80 Å². The summed E-state index contributed by atoms with van der Waals surface area (Å²) in [5.74, 6) is 4.60. The lowest BCUT2D eigenvalue weighted by Gasteiger charge is -2.30. The Kier molecular flexibility index (Phi) is 5.40. The number of hydrogen-bond donors (Lipinski definition) is 0. The van der Waals surface area contributed by atoms with Crippen molar-refractivity contribution in [2.75, 3.05) is 40.9 Å². The van der Waals surface area contributed by atoms with E-state index in [4.69, 9.17) is 0 Å². The van der Waals surface area contributed by atoms with Gasteiger partial charge in [0.2, 0.25) is 0 Å². The van der Waals surface area contributed by atoms with Crippen molar-refractivity contribution >= 4 is 23.4 Å². The molecule has 5 heteroatoms. The zero-order valence-electron chi connectivity index (χ0n) is 14.7. The van der Waals surface area contributed by atoms with Crippen LogP contribution in [0.15, 0.2) is 42.7 Å². The molecule has 0 radical (unpaired) electrons. The number of aromatic nitrogens is 2. The SMILES string of the molecule is c1ccc(CCC2CCCN2c2cc(N3CCSCC3)ncn2)cc1. The van der Waals surface area contributed by atoms with E-state index in [0.717, 1.165) is 37.7 Å². The highest BCUT2D eigenvalue weighted by atomic mass is 32.2. The van der Waals surface area contributed by atoms with Crippen LogP contribution in [0.5, 0.6) is 0 Å². The highest BCUT2D eigenvalue weighted by Crippen LogP contribution is 2.29. The first kappa shape index (κ1) is 16.7. The van der Waals surface area contributed by atoms with Crippen LogP contribution in [0.1, 0.15) is 24.8 Å². The zero-order chi connectivity index (χ0) is 16.9. The average Bonchev–Trinajstić information content (AvgIpc) is 3.17. The molecule has 1 aromatic carbocycles. The maximum absolute atomic E-state index is 4.60. The predicted octanol–water partition coefficient (Wildman–Crippen LogP) is 3.63. The second-order valence-electron chi connectivity index (χ2n) is 6.85. The lowest BCUT2D eigenvalue weighted by molar-refractivity contribution is 0.605. The first-order valence-corrected chi connectivity index (χ1v) is 10.5. The van der Waals surface area contributed by atoms with E-state index in [9.17, 15) is 0 Å². The van der Waals surface area contributed by atoms with E-state index in [1.165, 1.54) is 36.3 Å². The van der Waals surface area contributed by atoms with E-state index in [0.29, 0.717) is 6.04 Å². The van der Waals surface area contributed by atoms with Crippen LogP contribution >= 0.6 is 11.8 Å².